The highest BCUT2D eigenvalue weighted by atomic mass is 16.3. The molecule has 0 aliphatic rings. The van der Waals surface area contributed by atoms with Crippen LogP contribution < -0.4 is 10.6 Å². The highest BCUT2D eigenvalue weighted by Gasteiger charge is 2.14. The Morgan fingerprint density at radius 2 is 1.90 bits per heavy atom. The molecule has 0 aliphatic carbocycles. The second-order valence-electron chi connectivity index (χ2n) is 5.75. The van der Waals surface area contributed by atoms with E-state index in [0.717, 1.165) is 0 Å². The lowest BCUT2D eigenvalue weighted by molar-refractivity contribution is -0.122. The molecule has 5 heteroatoms. The minimum Gasteiger partial charge on any atom is -0.508 e. The second kappa shape index (κ2) is 6.41. The lowest BCUT2D eigenvalue weighted by Crippen LogP contribution is -2.42. The van der Waals surface area contributed by atoms with E-state index in [9.17, 15) is 14.7 Å². The van der Waals surface area contributed by atoms with Crippen molar-refractivity contribution in [2.45, 2.75) is 39.7 Å². The molecule has 0 unspecified atom stereocenters. The number of phenols is 1. The Bertz CT molecular complexity index is 504. The zero-order chi connectivity index (χ0) is 15.3. The Labute approximate surface area is 119 Å². The molecular formula is C15H22N2O3. The van der Waals surface area contributed by atoms with Crippen LogP contribution in [0.1, 0.15) is 43.1 Å². The van der Waals surface area contributed by atoms with Gasteiger partial charge < -0.3 is 15.7 Å². The molecule has 0 heterocycles. The lowest BCUT2D eigenvalue weighted by Gasteiger charge is -2.20. The maximum Gasteiger partial charge on any atom is 0.251 e. The molecule has 0 atom stereocenters. The highest BCUT2D eigenvalue weighted by Crippen LogP contribution is 2.19. The summed E-state index contributed by atoms with van der Waals surface area (Å²) in [6.07, 6.45) is 0.223. The molecule has 0 radical (unpaired) electrons. The number of hydrogen-bond acceptors (Lipinski definition) is 3. The number of carbonyl (C=O) groups excluding carboxylic acids is 2. The number of rotatable bonds is 4. The van der Waals surface area contributed by atoms with Crippen molar-refractivity contribution < 1.29 is 14.7 Å². The predicted octanol–water partition coefficient (Wildman–Crippen LogP) is 1.74. The van der Waals surface area contributed by atoms with Gasteiger partial charge in [-0.2, -0.15) is 0 Å². The van der Waals surface area contributed by atoms with E-state index in [1.165, 1.54) is 6.07 Å². The van der Waals surface area contributed by atoms with Gasteiger partial charge in [0.1, 0.15) is 5.75 Å². The number of carbonyl (C=O) groups is 2. The Kier molecular flexibility index (Phi) is 5.13. The molecule has 0 bridgehead atoms. The largest absolute Gasteiger partial charge is 0.508 e. The molecule has 110 valence electrons. The van der Waals surface area contributed by atoms with Crippen LogP contribution in [0, 0.1) is 6.92 Å². The van der Waals surface area contributed by atoms with Crippen LogP contribution in [0.4, 0.5) is 0 Å². The highest BCUT2D eigenvalue weighted by molar-refractivity contribution is 5.96. The summed E-state index contributed by atoms with van der Waals surface area (Å²) in [5.74, 6) is -0.310. The van der Waals surface area contributed by atoms with Crippen molar-refractivity contribution >= 4 is 11.8 Å². The maximum atomic E-state index is 11.9. The van der Waals surface area contributed by atoms with Crippen molar-refractivity contribution in [1.82, 2.24) is 10.6 Å². The molecule has 0 fully saturated rings. The van der Waals surface area contributed by atoms with E-state index in [1.54, 1.807) is 19.1 Å². The Morgan fingerprint density at radius 3 is 2.50 bits per heavy atom. The van der Waals surface area contributed by atoms with Gasteiger partial charge in [0.05, 0.1) is 0 Å². The fourth-order valence-electron chi connectivity index (χ4n) is 1.73. The fourth-order valence-corrected chi connectivity index (χ4v) is 1.73. The van der Waals surface area contributed by atoms with Crippen molar-refractivity contribution in [2.75, 3.05) is 6.54 Å². The molecule has 0 saturated heterocycles. The minimum absolute atomic E-state index is 0.0862. The average Bonchev–Trinajstić information content (AvgIpc) is 2.30. The van der Waals surface area contributed by atoms with Gasteiger partial charge in [0.2, 0.25) is 5.91 Å². The monoisotopic (exact) mass is 278 g/mol. The zero-order valence-corrected chi connectivity index (χ0v) is 12.4. The van der Waals surface area contributed by atoms with Crippen LogP contribution in [0.2, 0.25) is 0 Å². The van der Waals surface area contributed by atoms with Gasteiger partial charge in [-0.05, 0) is 39.8 Å². The molecule has 3 N–H and O–H groups in total. The molecule has 0 aliphatic heterocycles. The topological polar surface area (TPSA) is 78.4 Å². The molecule has 5 nitrogen and oxygen atoms in total. The first-order valence-corrected chi connectivity index (χ1v) is 6.58. The first-order chi connectivity index (χ1) is 9.20. The fraction of sp³-hybridized carbons (Fsp3) is 0.467. The van der Waals surface area contributed by atoms with E-state index in [1.807, 2.05) is 20.8 Å². The normalized spacial score (nSPS) is 11.0. The van der Waals surface area contributed by atoms with Crippen LogP contribution in [-0.2, 0) is 4.79 Å². The van der Waals surface area contributed by atoms with E-state index >= 15 is 0 Å². The number of benzene rings is 1. The molecule has 2 amide bonds. The van der Waals surface area contributed by atoms with Crippen molar-refractivity contribution in [3.63, 3.8) is 0 Å². The molecule has 1 aromatic rings. The van der Waals surface area contributed by atoms with Crippen LogP contribution in [0.15, 0.2) is 18.2 Å². The van der Waals surface area contributed by atoms with Gasteiger partial charge in [-0.25, -0.2) is 0 Å². The van der Waals surface area contributed by atoms with E-state index in [2.05, 4.69) is 10.6 Å². The summed E-state index contributed by atoms with van der Waals surface area (Å²) in [7, 11) is 0. The van der Waals surface area contributed by atoms with Gasteiger partial charge in [0, 0.05) is 29.6 Å². The van der Waals surface area contributed by atoms with E-state index in [0.29, 0.717) is 11.1 Å². The van der Waals surface area contributed by atoms with Crippen LogP contribution in [-0.4, -0.2) is 29.0 Å². The number of nitrogens with one attached hydrogen (secondary N) is 2. The molecule has 1 rings (SSSR count). The van der Waals surface area contributed by atoms with Crippen molar-refractivity contribution in [3.05, 3.63) is 29.3 Å². The number of phenolic OH excluding ortho intramolecular Hbond substituents is 1. The van der Waals surface area contributed by atoms with Gasteiger partial charge in [0.15, 0.2) is 0 Å². The van der Waals surface area contributed by atoms with Crippen molar-refractivity contribution in [2.24, 2.45) is 0 Å². The van der Waals surface area contributed by atoms with Gasteiger partial charge >= 0.3 is 0 Å². The van der Waals surface area contributed by atoms with Gasteiger partial charge in [0.25, 0.3) is 5.91 Å². The molecule has 0 aromatic heterocycles. The first kappa shape index (κ1) is 16.0. The predicted molar refractivity (Wildman–Crippen MR) is 77.7 cm³/mol. The van der Waals surface area contributed by atoms with E-state index in [-0.39, 0.29) is 36.1 Å². The third-order valence-electron chi connectivity index (χ3n) is 2.70. The van der Waals surface area contributed by atoms with Crippen LogP contribution >= 0.6 is 0 Å². The smallest absolute Gasteiger partial charge is 0.251 e. The lowest BCUT2D eigenvalue weighted by atomic mass is 10.1. The summed E-state index contributed by atoms with van der Waals surface area (Å²) < 4.78 is 0. The SMILES string of the molecule is Cc1c(O)cccc1C(=O)NCCC(=O)NC(C)(C)C. The van der Waals surface area contributed by atoms with E-state index < -0.39 is 0 Å². The van der Waals surface area contributed by atoms with Crippen LogP contribution in [0.3, 0.4) is 0 Å². The van der Waals surface area contributed by atoms with Crippen molar-refractivity contribution in [3.8, 4) is 5.75 Å². The molecular weight excluding hydrogens is 256 g/mol. The summed E-state index contributed by atoms with van der Waals surface area (Å²) >= 11 is 0. The van der Waals surface area contributed by atoms with Gasteiger partial charge in [-0.3, -0.25) is 9.59 Å². The molecule has 20 heavy (non-hydrogen) atoms. The van der Waals surface area contributed by atoms with Crippen LogP contribution in [0.5, 0.6) is 5.75 Å². The van der Waals surface area contributed by atoms with Crippen LogP contribution in [0.25, 0.3) is 0 Å². The summed E-state index contributed by atoms with van der Waals surface area (Å²) in [5.41, 5.74) is 0.675. The third-order valence-corrected chi connectivity index (χ3v) is 2.70. The summed E-state index contributed by atoms with van der Waals surface area (Å²) in [4.78, 5) is 23.5. The average molecular weight is 278 g/mol. The second-order valence-corrected chi connectivity index (χ2v) is 5.75. The number of amides is 2. The van der Waals surface area contributed by atoms with Gasteiger partial charge in [-0.1, -0.05) is 6.07 Å². The van der Waals surface area contributed by atoms with Crippen molar-refractivity contribution in [1.29, 1.82) is 0 Å². The molecule has 0 saturated carbocycles. The number of aromatic hydroxyl groups is 1. The third kappa shape index (κ3) is 4.91. The summed E-state index contributed by atoms with van der Waals surface area (Å²) in [6.45, 7) is 7.64. The zero-order valence-electron chi connectivity index (χ0n) is 12.4. The van der Waals surface area contributed by atoms with Gasteiger partial charge in [-0.15, -0.1) is 0 Å². The number of hydrogen-bond donors (Lipinski definition) is 3. The molecule has 0 spiro atoms. The quantitative estimate of drug-likeness (QED) is 0.785. The van der Waals surface area contributed by atoms with E-state index in [4.69, 9.17) is 0 Å². The first-order valence-electron chi connectivity index (χ1n) is 6.58. The standard InChI is InChI=1S/C15H22N2O3/c1-10-11(6-5-7-12(10)18)14(20)16-9-8-13(19)17-15(2,3)4/h5-7,18H,8-9H2,1-4H3,(H,16,20)(H,17,19). The Morgan fingerprint density at radius 1 is 1.25 bits per heavy atom. The Hall–Kier alpha value is -2.04. The minimum atomic E-state index is -0.290. The molecule has 1 aromatic carbocycles. The summed E-state index contributed by atoms with van der Waals surface area (Å²) in [5, 5.41) is 15.0. The maximum absolute atomic E-state index is 11.9. The summed E-state index contributed by atoms with van der Waals surface area (Å²) in [6, 6.07) is 4.78. The Balaban J connectivity index is 2.48.